The van der Waals surface area contributed by atoms with Crippen molar-refractivity contribution >= 4 is 25.1 Å². The van der Waals surface area contributed by atoms with E-state index in [1.807, 2.05) is 0 Å². The predicted octanol–water partition coefficient (Wildman–Crippen LogP) is -0.298. The van der Waals surface area contributed by atoms with Crippen LogP contribution in [0.2, 0.25) is 0 Å². The summed E-state index contributed by atoms with van der Waals surface area (Å²) in [4.78, 5) is 17.7. The van der Waals surface area contributed by atoms with Gasteiger partial charge in [0.25, 0.3) is 6.47 Å². The number of thiol groups is 1. The minimum atomic E-state index is -0.881. The summed E-state index contributed by atoms with van der Waals surface area (Å²) < 4.78 is 0. The molecule has 0 aliphatic rings. The van der Waals surface area contributed by atoms with E-state index >= 15 is 0 Å². The van der Waals surface area contributed by atoms with Gasteiger partial charge in [-0.15, -0.1) is 0 Å². The maximum atomic E-state index is 9.29. The van der Waals surface area contributed by atoms with E-state index in [1.165, 1.54) is 0 Å². The van der Waals surface area contributed by atoms with Crippen molar-refractivity contribution in [1.82, 2.24) is 0 Å². The number of aliphatic carboxylic acids is 1. The average molecular weight is 138 g/mol. The number of carboxylic acids is 1. The highest BCUT2D eigenvalue weighted by Crippen LogP contribution is 1.66. The Bertz CT molecular complexity index is 71.7. The second kappa shape index (κ2) is 9.56. The Labute approximate surface area is 51.5 Å². The molecule has 0 heterocycles. The second-order valence-corrected chi connectivity index (χ2v) is 0.973. The van der Waals surface area contributed by atoms with Gasteiger partial charge in [0, 0.05) is 0 Å². The first-order valence-corrected chi connectivity index (χ1v) is 2.22. The molecule has 0 aromatic rings. The maximum Gasteiger partial charge on any atom is 0.313 e. The highest BCUT2D eigenvalue weighted by molar-refractivity contribution is 7.81. The van der Waals surface area contributed by atoms with Gasteiger partial charge in [-0.25, -0.2) is 0 Å². The third-order valence-electron chi connectivity index (χ3n) is 0.135. The van der Waals surface area contributed by atoms with E-state index in [1.54, 1.807) is 0 Å². The van der Waals surface area contributed by atoms with Crippen LogP contribution in [0.5, 0.6) is 0 Å². The fourth-order valence-corrected chi connectivity index (χ4v) is 0. The van der Waals surface area contributed by atoms with Crippen LogP contribution in [0.3, 0.4) is 0 Å². The summed E-state index contributed by atoms with van der Waals surface area (Å²) in [5.74, 6) is -0.965. The molecular weight excluding hydrogens is 132 g/mol. The summed E-state index contributed by atoms with van der Waals surface area (Å²) in [6.45, 7) is -0.250. The van der Waals surface area contributed by atoms with Gasteiger partial charge in [-0.2, -0.15) is 12.6 Å². The molecule has 0 fully saturated rings. The first kappa shape index (κ1) is 10.3. The molecule has 2 N–H and O–H groups in total. The molecule has 4 nitrogen and oxygen atoms in total. The third-order valence-corrected chi connectivity index (χ3v) is 0.406. The lowest BCUT2D eigenvalue weighted by atomic mass is 10.8. The second-order valence-electron chi connectivity index (χ2n) is 0.657. The van der Waals surface area contributed by atoms with Crippen LogP contribution < -0.4 is 0 Å². The lowest BCUT2D eigenvalue weighted by molar-refractivity contribution is -0.133. The van der Waals surface area contributed by atoms with Crippen molar-refractivity contribution in [2.24, 2.45) is 0 Å². The first-order chi connectivity index (χ1) is 3.68. The zero-order chi connectivity index (χ0) is 6.99. The van der Waals surface area contributed by atoms with E-state index in [0.717, 1.165) is 0 Å². The average Bonchev–Trinajstić information content (AvgIpc) is 1.69. The van der Waals surface area contributed by atoms with E-state index in [2.05, 4.69) is 12.6 Å². The largest absolute Gasteiger partial charge is 0.483 e. The van der Waals surface area contributed by atoms with Crippen LogP contribution in [-0.2, 0) is 9.59 Å². The molecule has 0 bridgehead atoms. The molecule has 0 atom stereocenters. The summed E-state index contributed by atoms with van der Waals surface area (Å²) in [7, 11) is 0. The Balaban J connectivity index is 0. The fourth-order valence-electron chi connectivity index (χ4n) is 0. The van der Waals surface area contributed by atoms with E-state index in [4.69, 9.17) is 15.0 Å². The molecule has 0 unspecified atom stereocenters. The van der Waals surface area contributed by atoms with Crippen molar-refractivity contribution in [3.63, 3.8) is 0 Å². The molecule has 0 aromatic heterocycles. The van der Waals surface area contributed by atoms with Gasteiger partial charge in [-0.3, -0.25) is 9.59 Å². The maximum absolute atomic E-state index is 9.29. The number of hydrogen-bond donors (Lipinski definition) is 3. The van der Waals surface area contributed by atoms with Gasteiger partial charge in [0.15, 0.2) is 0 Å². The predicted molar refractivity (Wildman–Crippen MR) is 30.2 cm³/mol. The van der Waals surface area contributed by atoms with E-state index in [-0.39, 0.29) is 12.2 Å². The lowest BCUT2D eigenvalue weighted by Crippen LogP contribution is -1.92. The summed E-state index contributed by atoms with van der Waals surface area (Å²) >= 11 is 3.42. The topological polar surface area (TPSA) is 74.6 Å². The Hall–Kier alpha value is -0.710. The molecule has 0 saturated heterocycles. The molecular formula is C3H6O4S. The van der Waals surface area contributed by atoms with Crippen molar-refractivity contribution in [3.8, 4) is 0 Å². The highest BCUT2D eigenvalue weighted by Gasteiger charge is 1.81. The minimum Gasteiger partial charge on any atom is -0.483 e. The number of carbonyl (C=O) groups is 2. The van der Waals surface area contributed by atoms with E-state index in [0.29, 0.717) is 0 Å². The molecule has 0 radical (unpaired) electrons. The molecule has 0 spiro atoms. The van der Waals surface area contributed by atoms with Crippen LogP contribution in [0.15, 0.2) is 0 Å². The van der Waals surface area contributed by atoms with Gasteiger partial charge in [0.2, 0.25) is 0 Å². The van der Waals surface area contributed by atoms with Crippen molar-refractivity contribution in [2.75, 3.05) is 5.75 Å². The number of hydrogen-bond acceptors (Lipinski definition) is 3. The molecule has 5 heteroatoms. The van der Waals surface area contributed by atoms with Crippen molar-refractivity contribution in [1.29, 1.82) is 0 Å². The minimum absolute atomic E-state index is 0.0833. The molecule has 48 valence electrons. The van der Waals surface area contributed by atoms with Gasteiger partial charge in [-0.05, 0) is 0 Å². The summed E-state index contributed by atoms with van der Waals surface area (Å²) in [5, 5.41) is 14.5. The molecule has 0 amide bonds. The SMILES string of the molecule is O=C(O)CS.O=CO. The van der Waals surface area contributed by atoms with Crippen LogP contribution in [-0.4, -0.2) is 28.4 Å². The first-order valence-electron chi connectivity index (χ1n) is 1.59. The monoisotopic (exact) mass is 138 g/mol. The Kier molecular flexibility index (Phi) is 12.3. The third kappa shape index (κ3) is 58.5. The molecule has 0 aromatic carbocycles. The van der Waals surface area contributed by atoms with Gasteiger partial charge >= 0.3 is 5.97 Å². The zero-order valence-electron chi connectivity index (χ0n) is 3.94. The fraction of sp³-hybridized carbons (Fsp3) is 0.333. The Morgan fingerprint density at radius 2 is 1.88 bits per heavy atom. The van der Waals surface area contributed by atoms with Gasteiger partial charge in [-0.1, -0.05) is 0 Å². The van der Waals surface area contributed by atoms with Crippen LogP contribution in [0.4, 0.5) is 0 Å². The van der Waals surface area contributed by atoms with E-state index < -0.39 is 5.97 Å². The van der Waals surface area contributed by atoms with Gasteiger partial charge in [0.05, 0.1) is 5.75 Å². The highest BCUT2D eigenvalue weighted by atomic mass is 32.1. The number of rotatable bonds is 1. The molecule has 0 aliphatic carbocycles. The molecule has 0 rings (SSSR count). The lowest BCUT2D eigenvalue weighted by Gasteiger charge is -1.71. The Morgan fingerprint density at radius 1 is 1.75 bits per heavy atom. The van der Waals surface area contributed by atoms with Gasteiger partial charge < -0.3 is 10.2 Å². The quantitative estimate of drug-likeness (QED) is 0.343. The molecule has 0 aliphatic heterocycles. The summed E-state index contributed by atoms with van der Waals surface area (Å²) in [6.07, 6.45) is 0. The van der Waals surface area contributed by atoms with Crippen LogP contribution in [0.25, 0.3) is 0 Å². The molecule has 8 heavy (non-hydrogen) atoms. The zero-order valence-corrected chi connectivity index (χ0v) is 4.84. The van der Waals surface area contributed by atoms with E-state index in [9.17, 15) is 4.79 Å². The van der Waals surface area contributed by atoms with Crippen molar-refractivity contribution in [3.05, 3.63) is 0 Å². The Morgan fingerprint density at radius 3 is 1.88 bits per heavy atom. The van der Waals surface area contributed by atoms with Crippen LogP contribution in [0.1, 0.15) is 0 Å². The summed E-state index contributed by atoms with van der Waals surface area (Å²) in [6, 6.07) is 0. The van der Waals surface area contributed by atoms with Crippen LogP contribution in [0, 0.1) is 0 Å². The summed E-state index contributed by atoms with van der Waals surface area (Å²) in [5.41, 5.74) is 0. The van der Waals surface area contributed by atoms with Crippen molar-refractivity contribution in [2.45, 2.75) is 0 Å². The van der Waals surface area contributed by atoms with Crippen LogP contribution >= 0.6 is 12.6 Å². The smallest absolute Gasteiger partial charge is 0.313 e. The molecule has 0 saturated carbocycles. The number of carboxylic acid groups (broad SMARTS) is 2. The standard InChI is InChI=1S/C2H4O2S.CH2O2/c3-2(4)1-5;2-1-3/h5H,1H2,(H,3,4);1H,(H,2,3). The normalized spacial score (nSPS) is 6.12. The van der Waals surface area contributed by atoms with Gasteiger partial charge in [0.1, 0.15) is 0 Å². The van der Waals surface area contributed by atoms with Crippen molar-refractivity contribution < 1.29 is 19.8 Å².